The van der Waals surface area contributed by atoms with E-state index in [1.54, 1.807) is 0 Å². The van der Waals surface area contributed by atoms with Gasteiger partial charge in [0.15, 0.2) is 0 Å². The molecule has 54 valence electrons. The minimum Gasteiger partial charge on any atom is -0.465 e. The van der Waals surface area contributed by atoms with Gasteiger partial charge in [-0.2, -0.15) is 0 Å². The first-order chi connectivity index (χ1) is 4.79. The minimum absolute atomic E-state index is 1.03. The van der Waals surface area contributed by atoms with Crippen LogP contribution in [-0.2, 0) is 12.8 Å². The SMILES string of the molecule is Cc1oc2c(c1Br)CCC2. The van der Waals surface area contributed by atoms with Crippen LogP contribution >= 0.6 is 15.9 Å². The molecule has 1 aromatic rings. The lowest BCUT2D eigenvalue weighted by Crippen LogP contribution is -1.74. The Bertz CT molecular complexity index is 262. The van der Waals surface area contributed by atoms with Gasteiger partial charge in [0, 0.05) is 12.0 Å². The molecule has 1 aromatic heterocycles. The summed E-state index contributed by atoms with van der Waals surface area (Å²) in [4.78, 5) is 0. The zero-order valence-corrected chi connectivity index (χ0v) is 7.49. The number of aryl methyl sites for hydroxylation is 2. The summed E-state index contributed by atoms with van der Waals surface area (Å²) >= 11 is 3.51. The molecule has 0 saturated carbocycles. The van der Waals surface area contributed by atoms with Crippen LogP contribution in [0, 0.1) is 6.92 Å². The smallest absolute Gasteiger partial charge is 0.115 e. The van der Waals surface area contributed by atoms with Crippen molar-refractivity contribution in [1.82, 2.24) is 0 Å². The molecule has 2 heteroatoms. The molecule has 0 spiro atoms. The molecule has 0 saturated heterocycles. The van der Waals surface area contributed by atoms with Crippen LogP contribution < -0.4 is 0 Å². The fourth-order valence-electron chi connectivity index (χ4n) is 1.50. The Morgan fingerprint density at radius 3 is 2.90 bits per heavy atom. The van der Waals surface area contributed by atoms with E-state index in [2.05, 4.69) is 15.9 Å². The average Bonchev–Trinajstić information content (AvgIpc) is 2.41. The number of halogens is 1. The molecule has 0 aliphatic heterocycles. The van der Waals surface area contributed by atoms with Crippen LogP contribution in [0.15, 0.2) is 8.89 Å². The van der Waals surface area contributed by atoms with Crippen LogP contribution in [0.4, 0.5) is 0 Å². The molecule has 0 radical (unpaired) electrons. The van der Waals surface area contributed by atoms with Crippen LogP contribution in [0.1, 0.15) is 23.5 Å². The lowest BCUT2D eigenvalue weighted by Gasteiger charge is -1.87. The lowest BCUT2D eigenvalue weighted by molar-refractivity contribution is 0.486. The maximum Gasteiger partial charge on any atom is 0.115 e. The van der Waals surface area contributed by atoms with Gasteiger partial charge in [0.1, 0.15) is 11.5 Å². The summed E-state index contributed by atoms with van der Waals surface area (Å²) < 4.78 is 6.70. The molecule has 0 amide bonds. The van der Waals surface area contributed by atoms with Crippen LogP contribution in [-0.4, -0.2) is 0 Å². The van der Waals surface area contributed by atoms with E-state index in [9.17, 15) is 0 Å². The molecule has 1 aliphatic carbocycles. The molecule has 0 aromatic carbocycles. The Balaban J connectivity index is 2.59. The minimum atomic E-state index is 1.03. The zero-order chi connectivity index (χ0) is 7.14. The summed E-state index contributed by atoms with van der Waals surface area (Å²) in [7, 11) is 0. The second-order valence-corrected chi connectivity index (χ2v) is 3.52. The third-order valence-corrected chi connectivity index (χ3v) is 3.05. The second-order valence-electron chi connectivity index (χ2n) is 2.73. The highest BCUT2D eigenvalue weighted by atomic mass is 79.9. The van der Waals surface area contributed by atoms with Gasteiger partial charge in [0.05, 0.1) is 4.47 Å². The third kappa shape index (κ3) is 0.749. The summed E-state index contributed by atoms with van der Waals surface area (Å²) in [6.45, 7) is 2.00. The van der Waals surface area contributed by atoms with Gasteiger partial charge in [-0.15, -0.1) is 0 Å². The quantitative estimate of drug-likeness (QED) is 0.628. The number of furan rings is 1. The molecule has 0 bridgehead atoms. The lowest BCUT2D eigenvalue weighted by atomic mass is 10.2. The second kappa shape index (κ2) is 2.12. The van der Waals surface area contributed by atoms with Crippen molar-refractivity contribution in [1.29, 1.82) is 0 Å². The van der Waals surface area contributed by atoms with Crippen LogP contribution in [0.25, 0.3) is 0 Å². The van der Waals surface area contributed by atoms with Crippen molar-refractivity contribution in [3.63, 3.8) is 0 Å². The standard InChI is InChI=1S/C8H9BrO/c1-5-8(9)6-3-2-4-7(6)10-5/h2-4H2,1H3. The molecule has 10 heavy (non-hydrogen) atoms. The Labute approximate surface area is 68.5 Å². The van der Waals surface area contributed by atoms with E-state index >= 15 is 0 Å². The topological polar surface area (TPSA) is 13.1 Å². The maximum absolute atomic E-state index is 5.51. The molecule has 0 unspecified atom stereocenters. The van der Waals surface area contributed by atoms with Crippen LogP contribution in [0.2, 0.25) is 0 Å². The fourth-order valence-corrected chi connectivity index (χ4v) is 2.00. The monoisotopic (exact) mass is 200 g/mol. The van der Waals surface area contributed by atoms with Gasteiger partial charge in [0.25, 0.3) is 0 Å². The third-order valence-electron chi connectivity index (χ3n) is 2.02. The summed E-state index contributed by atoms with van der Waals surface area (Å²) in [5, 5.41) is 0. The number of rotatable bonds is 0. The molecule has 0 fully saturated rings. The Kier molecular flexibility index (Phi) is 1.37. The average molecular weight is 201 g/mol. The molecule has 2 rings (SSSR count). The van der Waals surface area contributed by atoms with E-state index in [-0.39, 0.29) is 0 Å². The zero-order valence-electron chi connectivity index (χ0n) is 5.91. The summed E-state index contributed by atoms with van der Waals surface area (Å²) in [5.41, 5.74) is 1.40. The van der Waals surface area contributed by atoms with Crippen molar-refractivity contribution < 1.29 is 4.42 Å². The van der Waals surface area contributed by atoms with Gasteiger partial charge >= 0.3 is 0 Å². The molecule has 0 atom stereocenters. The molecule has 1 aliphatic rings. The predicted octanol–water partition coefficient (Wildman–Crippen LogP) is 2.84. The Hall–Kier alpha value is -0.240. The van der Waals surface area contributed by atoms with Gasteiger partial charge < -0.3 is 4.42 Å². The summed E-state index contributed by atoms with van der Waals surface area (Å²) in [6, 6.07) is 0. The Morgan fingerprint density at radius 2 is 2.20 bits per heavy atom. The fraction of sp³-hybridized carbons (Fsp3) is 0.500. The van der Waals surface area contributed by atoms with Gasteiger partial charge in [0.2, 0.25) is 0 Å². The van der Waals surface area contributed by atoms with E-state index in [1.807, 2.05) is 6.92 Å². The number of hydrogen-bond acceptors (Lipinski definition) is 1. The van der Waals surface area contributed by atoms with Crippen molar-refractivity contribution in [3.05, 3.63) is 21.6 Å². The van der Waals surface area contributed by atoms with Crippen molar-refractivity contribution in [3.8, 4) is 0 Å². The van der Waals surface area contributed by atoms with Gasteiger partial charge in [-0.05, 0) is 35.7 Å². The van der Waals surface area contributed by atoms with Gasteiger partial charge in [-0.3, -0.25) is 0 Å². The highest BCUT2D eigenvalue weighted by molar-refractivity contribution is 9.10. The highest BCUT2D eigenvalue weighted by Crippen LogP contribution is 2.33. The van der Waals surface area contributed by atoms with E-state index in [0.717, 1.165) is 12.2 Å². The maximum atomic E-state index is 5.51. The largest absolute Gasteiger partial charge is 0.465 e. The first-order valence-corrected chi connectivity index (χ1v) is 4.35. The van der Waals surface area contributed by atoms with Crippen LogP contribution in [0.5, 0.6) is 0 Å². The normalized spacial score (nSPS) is 15.8. The molecule has 1 heterocycles. The van der Waals surface area contributed by atoms with E-state index in [1.165, 1.54) is 28.6 Å². The van der Waals surface area contributed by atoms with Crippen molar-refractivity contribution in [2.75, 3.05) is 0 Å². The van der Waals surface area contributed by atoms with Crippen molar-refractivity contribution in [2.24, 2.45) is 0 Å². The van der Waals surface area contributed by atoms with Gasteiger partial charge in [-0.25, -0.2) is 0 Å². The summed E-state index contributed by atoms with van der Waals surface area (Å²) in [5.74, 6) is 2.23. The number of fused-ring (bicyclic) bond motifs is 1. The van der Waals surface area contributed by atoms with E-state index in [4.69, 9.17) is 4.42 Å². The summed E-state index contributed by atoms with van der Waals surface area (Å²) in [6.07, 6.45) is 3.57. The first kappa shape index (κ1) is 6.47. The first-order valence-electron chi connectivity index (χ1n) is 3.55. The predicted molar refractivity (Wildman–Crippen MR) is 43.2 cm³/mol. The molecule has 0 N–H and O–H groups in total. The van der Waals surface area contributed by atoms with E-state index < -0.39 is 0 Å². The molecule has 1 nitrogen and oxygen atoms in total. The van der Waals surface area contributed by atoms with Crippen LogP contribution in [0.3, 0.4) is 0 Å². The highest BCUT2D eigenvalue weighted by Gasteiger charge is 2.19. The number of hydrogen-bond donors (Lipinski definition) is 0. The Morgan fingerprint density at radius 1 is 1.40 bits per heavy atom. The van der Waals surface area contributed by atoms with Crippen molar-refractivity contribution in [2.45, 2.75) is 26.2 Å². The van der Waals surface area contributed by atoms with Gasteiger partial charge in [-0.1, -0.05) is 0 Å². The van der Waals surface area contributed by atoms with E-state index in [0.29, 0.717) is 0 Å². The van der Waals surface area contributed by atoms with Crippen molar-refractivity contribution >= 4 is 15.9 Å². The molecular weight excluding hydrogens is 192 g/mol. The molecular formula is C8H9BrO.